The molecule has 0 aliphatic heterocycles. The van der Waals surface area contributed by atoms with Crippen LogP contribution in [0.5, 0.6) is 0 Å². The molecule has 24 heavy (non-hydrogen) atoms. The molecule has 0 atom stereocenters. The summed E-state index contributed by atoms with van der Waals surface area (Å²) in [5, 5.41) is 4.12. The second-order valence-corrected chi connectivity index (χ2v) is 6.44. The van der Waals surface area contributed by atoms with Crippen LogP contribution in [0.15, 0.2) is 65.5 Å². The van der Waals surface area contributed by atoms with Crippen LogP contribution in [-0.2, 0) is 19.5 Å². The highest BCUT2D eigenvalue weighted by Crippen LogP contribution is 2.16. The molecule has 4 heteroatoms. The predicted octanol–water partition coefficient (Wildman–Crippen LogP) is 4.55. The quantitative estimate of drug-likeness (QED) is 0.662. The zero-order valence-electron chi connectivity index (χ0n) is 13.7. The first-order chi connectivity index (χ1) is 11.8. The Morgan fingerprint density at radius 3 is 2.50 bits per heavy atom. The first kappa shape index (κ1) is 16.4. The molecule has 0 saturated carbocycles. The number of aryl methyl sites for hydroxylation is 1. The molecule has 0 N–H and O–H groups in total. The maximum absolute atomic E-state index is 13.0. The third-order valence-electron chi connectivity index (χ3n) is 3.93. The molecule has 0 unspecified atom stereocenters. The first-order valence-electron chi connectivity index (χ1n) is 8.05. The highest BCUT2D eigenvalue weighted by Gasteiger charge is 2.17. The number of aromatic nitrogens is 1. The molecule has 3 rings (SSSR count). The van der Waals surface area contributed by atoms with Crippen molar-refractivity contribution in [3.05, 3.63) is 87.9 Å². The van der Waals surface area contributed by atoms with Gasteiger partial charge in [0, 0.05) is 18.3 Å². The Hall–Kier alpha value is -2.46. The Kier molecular flexibility index (Phi) is 5.39. The second kappa shape index (κ2) is 7.88. The van der Waals surface area contributed by atoms with Gasteiger partial charge in [-0.2, -0.15) is 11.3 Å². The van der Waals surface area contributed by atoms with Crippen LogP contribution in [0.3, 0.4) is 0 Å². The van der Waals surface area contributed by atoms with Gasteiger partial charge in [-0.25, -0.2) is 0 Å². The molecule has 0 radical (unpaired) electrons. The molecule has 2 heterocycles. The lowest BCUT2D eigenvalue weighted by Crippen LogP contribution is -2.30. The van der Waals surface area contributed by atoms with Crippen molar-refractivity contribution in [1.29, 1.82) is 0 Å². The van der Waals surface area contributed by atoms with Gasteiger partial charge < -0.3 is 4.90 Å². The van der Waals surface area contributed by atoms with E-state index in [0.717, 1.165) is 23.2 Å². The SMILES string of the molecule is CCc1ccc(C(=O)N(Cc2ccsc2)Cc2ccccn2)cc1. The molecule has 1 amide bonds. The Balaban J connectivity index is 1.83. The summed E-state index contributed by atoms with van der Waals surface area (Å²) in [5.74, 6) is 0.0366. The highest BCUT2D eigenvalue weighted by molar-refractivity contribution is 7.07. The van der Waals surface area contributed by atoms with E-state index in [1.165, 1.54) is 5.56 Å². The van der Waals surface area contributed by atoms with Crippen molar-refractivity contribution in [2.75, 3.05) is 0 Å². The fourth-order valence-corrected chi connectivity index (χ4v) is 3.22. The van der Waals surface area contributed by atoms with Crippen LogP contribution < -0.4 is 0 Å². The van der Waals surface area contributed by atoms with Crippen LogP contribution in [-0.4, -0.2) is 15.8 Å². The third-order valence-corrected chi connectivity index (χ3v) is 4.66. The van der Waals surface area contributed by atoms with Gasteiger partial charge in [-0.1, -0.05) is 25.1 Å². The average molecular weight is 336 g/mol. The first-order valence-corrected chi connectivity index (χ1v) is 8.99. The number of benzene rings is 1. The summed E-state index contributed by atoms with van der Waals surface area (Å²) in [5.41, 5.74) is 4.00. The van der Waals surface area contributed by atoms with Gasteiger partial charge in [0.2, 0.25) is 0 Å². The van der Waals surface area contributed by atoms with Crippen molar-refractivity contribution in [3.8, 4) is 0 Å². The van der Waals surface area contributed by atoms with E-state index in [2.05, 4.69) is 23.4 Å². The van der Waals surface area contributed by atoms with Crippen LogP contribution >= 0.6 is 11.3 Å². The largest absolute Gasteiger partial charge is 0.328 e. The van der Waals surface area contributed by atoms with Gasteiger partial charge in [-0.05, 0) is 58.6 Å². The number of hydrogen-bond donors (Lipinski definition) is 0. The summed E-state index contributed by atoms with van der Waals surface area (Å²) in [6.45, 7) is 3.21. The minimum absolute atomic E-state index is 0.0366. The van der Waals surface area contributed by atoms with Gasteiger partial charge in [0.05, 0.1) is 12.2 Å². The van der Waals surface area contributed by atoms with Gasteiger partial charge in [-0.3, -0.25) is 9.78 Å². The number of amides is 1. The monoisotopic (exact) mass is 336 g/mol. The van der Waals surface area contributed by atoms with Crippen molar-refractivity contribution in [1.82, 2.24) is 9.88 Å². The number of thiophene rings is 1. The van der Waals surface area contributed by atoms with Crippen molar-refractivity contribution >= 4 is 17.2 Å². The summed E-state index contributed by atoms with van der Waals surface area (Å²) < 4.78 is 0. The number of carbonyl (C=O) groups is 1. The molecule has 122 valence electrons. The van der Waals surface area contributed by atoms with Gasteiger partial charge in [0.1, 0.15) is 0 Å². The standard InChI is InChI=1S/C20H20N2OS/c1-2-16-6-8-18(9-7-16)20(23)22(13-17-10-12-24-15-17)14-19-5-3-4-11-21-19/h3-12,15H,2,13-14H2,1H3. The molecule has 3 nitrogen and oxygen atoms in total. The Labute approximate surface area is 146 Å². The minimum Gasteiger partial charge on any atom is -0.328 e. The zero-order valence-corrected chi connectivity index (χ0v) is 14.5. The number of hydrogen-bond acceptors (Lipinski definition) is 3. The van der Waals surface area contributed by atoms with Crippen molar-refractivity contribution in [2.24, 2.45) is 0 Å². The van der Waals surface area contributed by atoms with E-state index >= 15 is 0 Å². The summed E-state index contributed by atoms with van der Waals surface area (Å²) in [7, 11) is 0. The van der Waals surface area contributed by atoms with Gasteiger partial charge in [0.25, 0.3) is 5.91 Å². The molecule has 0 spiro atoms. The fraction of sp³-hybridized carbons (Fsp3) is 0.200. The molecule has 0 aliphatic carbocycles. The number of pyridine rings is 1. The average Bonchev–Trinajstić information content (AvgIpc) is 3.15. The topological polar surface area (TPSA) is 33.2 Å². The van der Waals surface area contributed by atoms with Gasteiger partial charge in [-0.15, -0.1) is 0 Å². The molecular formula is C20H20N2OS. The van der Waals surface area contributed by atoms with E-state index in [1.54, 1.807) is 17.5 Å². The van der Waals surface area contributed by atoms with E-state index in [4.69, 9.17) is 0 Å². The summed E-state index contributed by atoms with van der Waals surface area (Å²) in [4.78, 5) is 19.2. The zero-order chi connectivity index (χ0) is 16.8. The molecule has 0 bridgehead atoms. The summed E-state index contributed by atoms with van der Waals surface area (Å²) >= 11 is 1.65. The smallest absolute Gasteiger partial charge is 0.254 e. The van der Waals surface area contributed by atoms with E-state index in [-0.39, 0.29) is 5.91 Å². The normalized spacial score (nSPS) is 10.5. The van der Waals surface area contributed by atoms with Gasteiger partial charge >= 0.3 is 0 Å². The van der Waals surface area contributed by atoms with Crippen molar-refractivity contribution < 1.29 is 4.79 Å². The molecule has 3 aromatic rings. The molecular weight excluding hydrogens is 316 g/mol. The maximum Gasteiger partial charge on any atom is 0.254 e. The Bertz CT molecular complexity index is 767. The Morgan fingerprint density at radius 1 is 1.04 bits per heavy atom. The molecule has 0 aliphatic rings. The molecule has 2 aromatic heterocycles. The number of rotatable bonds is 6. The van der Waals surface area contributed by atoms with E-state index in [0.29, 0.717) is 13.1 Å². The van der Waals surface area contributed by atoms with Crippen LogP contribution in [0.2, 0.25) is 0 Å². The minimum atomic E-state index is 0.0366. The second-order valence-electron chi connectivity index (χ2n) is 5.66. The fourth-order valence-electron chi connectivity index (χ4n) is 2.56. The highest BCUT2D eigenvalue weighted by atomic mass is 32.1. The summed E-state index contributed by atoms with van der Waals surface area (Å²) in [6.07, 6.45) is 2.74. The molecule has 0 saturated heterocycles. The van der Waals surface area contributed by atoms with E-state index < -0.39 is 0 Å². The molecule has 1 aromatic carbocycles. The van der Waals surface area contributed by atoms with Crippen LogP contribution in [0.1, 0.15) is 34.1 Å². The van der Waals surface area contributed by atoms with E-state index in [9.17, 15) is 4.79 Å². The lowest BCUT2D eigenvalue weighted by molar-refractivity contribution is 0.0728. The van der Waals surface area contributed by atoms with Crippen molar-refractivity contribution in [3.63, 3.8) is 0 Å². The third kappa shape index (κ3) is 4.09. The Morgan fingerprint density at radius 2 is 1.88 bits per heavy atom. The van der Waals surface area contributed by atoms with Crippen LogP contribution in [0, 0.1) is 0 Å². The summed E-state index contributed by atoms with van der Waals surface area (Å²) in [6, 6.07) is 15.7. The van der Waals surface area contributed by atoms with Crippen LogP contribution in [0.25, 0.3) is 0 Å². The van der Waals surface area contributed by atoms with Crippen LogP contribution in [0.4, 0.5) is 0 Å². The van der Waals surface area contributed by atoms with Crippen molar-refractivity contribution in [2.45, 2.75) is 26.4 Å². The lowest BCUT2D eigenvalue weighted by atomic mass is 10.1. The number of carbonyl (C=O) groups excluding carboxylic acids is 1. The van der Waals surface area contributed by atoms with E-state index in [1.807, 2.05) is 52.7 Å². The predicted molar refractivity (Wildman–Crippen MR) is 98.0 cm³/mol. The lowest BCUT2D eigenvalue weighted by Gasteiger charge is -2.22. The van der Waals surface area contributed by atoms with Gasteiger partial charge in [0.15, 0.2) is 0 Å². The number of nitrogens with zero attached hydrogens (tertiary/aromatic N) is 2. The molecule has 0 fully saturated rings. The maximum atomic E-state index is 13.0.